The van der Waals surface area contributed by atoms with Crippen molar-refractivity contribution in [3.63, 3.8) is 0 Å². The number of H-pyrrole nitrogens is 2. The molecular weight excluding hydrogens is 121 g/mol. The first-order valence-electron chi connectivity index (χ1n) is 1.47. The number of nitrogens with zero attached hydrogens (tertiary/aromatic N) is 1. The van der Waals surface area contributed by atoms with E-state index in [9.17, 15) is 0 Å². The Kier molecular flexibility index (Phi) is 3.55. The van der Waals surface area contributed by atoms with Crippen LogP contribution >= 0.6 is 12.2 Å². The molecule has 5 heteroatoms. The van der Waals surface area contributed by atoms with Crippen LogP contribution in [0.25, 0.3) is 0 Å². The maximum Gasteiger partial charge on any atom is 0.213 e. The molecule has 0 aromatic carbocycles. The van der Waals surface area contributed by atoms with E-state index in [2.05, 4.69) is 27.4 Å². The van der Waals surface area contributed by atoms with Crippen molar-refractivity contribution in [3.8, 4) is 0 Å². The van der Waals surface area contributed by atoms with Crippen LogP contribution in [-0.2, 0) is 0 Å². The molecule has 33 valence electrons. The Labute approximate surface area is 67.8 Å². The normalized spacial score (nSPS) is 7.43. The average Bonchev–Trinajstić information content (AvgIpc) is 1.86. The van der Waals surface area contributed by atoms with Crippen LogP contribution in [0.5, 0.6) is 0 Å². The Balaban J connectivity index is 0.000000360. The van der Waals surface area contributed by atoms with Crippen LogP contribution in [0.3, 0.4) is 0 Å². The van der Waals surface area contributed by atoms with Gasteiger partial charge in [-0.25, -0.2) is 4.98 Å². The fraction of sp³-hybridized carbons (Fsp3) is 0. The zero-order chi connectivity index (χ0) is 4.41. The van der Waals surface area contributed by atoms with Crippen LogP contribution in [-0.4, -0.2) is 44.7 Å². The molecule has 0 aliphatic heterocycles. The minimum atomic E-state index is 0. The van der Waals surface area contributed by atoms with Crippen LogP contribution in [0, 0.1) is 4.77 Å². The minimum absolute atomic E-state index is 0. The molecule has 1 heterocycles. The molecule has 0 unspecified atom stereocenters. The number of hydrogen-bond donors (Lipinski definition) is 2. The van der Waals surface area contributed by atoms with Gasteiger partial charge in [-0.3, -0.25) is 10.2 Å². The van der Waals surface area contributed by atoms with E-state index >= 15 is 0 Å². The SMILES string of the molecule is S=c1nc[nH][nH]1.[Na]. The summed E-state index contributed by atoms with van der Waals surface area (Å²) in [6, 6.07) is 0. The van der Waals surface area contributed by atoms with Gasteiger partial charge < -0.3 is 0 Å². The van der Waals surface area contributed by atoms with E-state index < -0.39 is 0 Å². The molecule has 0 spiro atoms. The molecule has 1 aromatic heterocycles. The summed E-state index contributed by atoms with van der Waals surface area (Å²) in [7, 11) is 0. The minimum Gasteiger partial charge on any atom is -0.288 e. The molecule has 1 radical (unpaired) electrons. The van der Waals surface area contributed by atoms with Gasteiger partial charge >= 0.3 is 0 Å². The molecule has 0 fully saturated rings. The van der Waals surface area contributed by atoms with Gasteiger partial charge in [-0.2, -0.15) is 0 Å². The third-order valence-corrected chi connectivity index (χ3v) is 0.633. The van der Waals surface area contributed by atoms with Crippen molar-refractivity contribution in [3.05, 3.63) is 11.1 Å². The van der Waals surface area contributed by atoms with Crippen LogP contribution in [0.4, 0.5) is 0 Å². The second-order valence-corrected chi connectivity index (χ2v) is 1.22. The Bertz CT molecular complexity index is 151. The first-order valence-corrected chi connectivity index (χ1v) is 1.88. The zero-order valence-electron chi connectivity index (χ0n) is 3.93. The number of nitrogens with one attached hydrogen (secondary N) is 2. The van der Waals surface area contributed by atoms with Crippen LogP contribution in [0.1, 0.15) is 0 Å². The Morgan fingerprint density at radius 2 is 2.43 bits per heavy atom. The molecule has 7 heavy (non-hydrogen) atoms. The van der Waals surface area contributed by atoms with Gasteiger partial charge in [0.2, 0.25) is 4.77 Å². The van der Waals surface area contributed by atoms with E-state index in [1.165, 1.54) is 6.33 Å². The van der Waals surface area contributed by atoms with Gasteiger partial charge in [0, 0.05) is 29.6 Å². The Morgan fingerprint density at radius 1 is 1.71 bits per heavy atom. The summed E-state index contributed by atoms with van der Waals surface area (Å²) in [5, 5.41) is 5.17. The smallest absolute Gasteiger partial charge is 0.213 e. The predicted octanol–water partition coefficient (Wildman–Crippen LogP) is 0.0865. The molecule has 0 bridgehead atoms. The summed E-state index contributed by atoms with van der Waals surface area (Å²) in [6.07, 6.45) is 1.50. The van der Waals surface area contributed by atoms with E-state index in [-0.39, 0.29) is 29.6 Å². The van der Waals surface area contributed by atoms with Gasteiger partial charge in [0.25, 0.3) is 0 Å². The van der Waals surface area contributed by atoms with Gasteiger partial charge in [0.1, 0.15) is 6.33 Å². The van der Waals surface area contributed by atoms with Gasteiger partial charge in [-0.15, -0.1) is 0 Å². The average molecular weight is 124 g/mol. The molecular formula is C2H3N3NaS. The van der Waals surface area contributed by atoms with Crippen LogP contribution < -0.4 is 0 Å². The summed E-state index contributed by atoms with van der Waals surface area (Å²) < 4.78 is 0.495. The summed E-state index contributed by atoms with van der Waals surface area (Å²) in [4.78, 5) is 3.62. The van der Waals surface area contributed by atoms with Crippen molar-refractivity contribution >= 4 is 41.8 Å². The van der Waals surface area contributed by atoms with E-state index in [0.29, 0.717) is 4.77 Å². The maximum atomic E-state index is 4.55. The summed E-state index contributed by atoms with van der Waals surface area (Å²) in [5.41, 5.74) is 0. The second-order valence-electron chi connectivity index (χ2n) is 0.833. The first-order chi connectivity index (χ1) is 2.89. The standard InChI is InChI=1S/C2H3N3S.Na/c6-2-3-1-4-5-2;/h1H,(H2,3,4,5,6);. The Hall–Kier alpha value is 0.360. The fourth-order valence-corrected chi connectivity index (χ4v) is 0.329. The first kappa shape index (κ1) is 7.36. The summed E-state index contributed by atoms with van der Waals surface area (Å²) in [5.74, 6) is 0. The largest absolute Gasteiger partial charge is 0.288 e. The maximum absolute atomic E-state index is 4.55. The quantitative estimate of drug-likeness (QED) is 0.380. The van der Waals surface area contributed by atoms with Crippen molar-refractivity contribution in [1.82, 2.24) is 15.2 Å². The van der Waals surface area contributed by atoms with Crippen LogP contribution in [0.2, 0.25) is 0 Å². The molecule has 2 N–H and O–H groups in total. The molecule has 1 rings (SSSR count). The van der Waals surface area contributed by atoms with Crippen molar-refractivity contribution < 1.29 is 0 Å². The topological polar surface area (TPSA) is 44.5 Å². The van der Waals surface area contributed by atoms with Gasteiger partial charge in [-0.05, 0) is 12.2 Å². The number of rotatable bonds is 0. The van der Waals surface area contributed by atoms with Gasteiger partial charge in [-0.1, -0.05) is 0 Å². The van der Waals surface area contributed by atoms with Crippen molar-refractivity contribution in [2.45, 2.75) is 0 Å². The van der Waals surface area contributed by atoms with Crippen molar-refractivity contribution in [2.24, 2.45) is 0 Å². The molecule has 0 aliphatic carbocycles. The molecule has 1 aromatic rings. The van der Waals surface area contributed by atoms with Gasteiger partial charge in [0.15, 0.2) is 0 Å². The van der Waals surface area contributed by atoms with E-state index in [1.807, 2.05) is 0 Å². The predicted molar refractivity (Wildman–Crippen MR) is 29.5 cm³/mol. The van der Waals surface area contributed by atoms with E-state index in [4.69, 9.17) is 0 Å². The molecule has 3 nitrogen and oxygen atoms in total. The second kappa shape index (κ2) is 3.37. The third kappa shape index (κ3) is 2.23. The molecule has 0 saturated carbocycles. The molecule has 0 amide bonds. The van der Waals surface area contributed by atoms with Crippen molar-refractivity contribution in [1.29, 1.82) is 0 Å². The third-order valence-electron chi connectivity index (χ3n) is 0.425. The number of aromatic amines is 2. The summed E-state index contributed by atoms with van der Waals surface area (Å²) >= 11 is 4.55. The summed E-state index contributed by atoms with van der Waals surface area (Å²) in [6.45, 7) is 0. The van der Waals surface area contributed by atoms with Crippen molar-refractivity contribution in [2.75, 3.05) is 0 Å². The number of hydrogen-bond acceptors (Lipinski definition) is 2. The van der Waals surface area contributed by atoms with Crippen LogP contribution in [0.15, 0.2) is 6.33 Å². The van der Waals surface area contributed by atoms with E-state index in [1.54, 1.807) is 0 Å². The van der Waals surface area contributed by atoms with E-state index in [0.717, 1.165) is 0 Å². The monoisotopic (exact) mass is 124 g/mol. The van der Waals surface area contributed by atoms with Gasteiger partial charge in [0.05, 0.1) is 0 Å². The zero-order valence-corrected chi connectivity index (χ0v) is 6.75. The molecule has 0 atom stereocenters. The molecule has 0 saturated heterocycles. The molecule has 0 aliphatic rings. The fourth-order valence-electron chi connectivity index (χ4n) is 0.217. The number of aromatic nitrogens is 3. The Morgan fingerprint density at radius 3 is 2.57 bits per heavy atom.